The molecule has 260 valence electrons. The number of primary sulfonamides is 1. The molecule has 0 amide bonds. The third-order valence-corrected chi connectivity index (χ3v) is 7.77. The molecule has 0 radical (unpaired) electrons. The lowest BCUT2D eigenvalue weighted by atomic mass is 10.1. The molecule has 0 aliphatic carbocycles. The first-order valence-corrected chi connectivity index (χ1v) is 18.3. The molecule has 0 atom stereocenters. The minimum Gasteiger partial charge on any atom is -0.478 e. The van der Waals surface area contributed by atoms with Crippen molar-refractivity contribution in [2.24, 2.45) is 5.14 Å². The number of nitrogens with one attached hydrogen (secondary N) is 1. The summed E-state index contributed by atoms with van der Waals surface area (Å²) in [6.45, 7) is 17.7. The molecule has 0 aromatic heterocycles. The van der Waals surface area contributed by atoms with Crippen LogP contribution in [0.2, 0.25) is 0 Å². The molecule has 10 heteroatoms. The Morgan fingerprint density at radius 3 is 1.53 bits per heavy atom. The van der Waals surface area contributed by atoms with Crippen LogP contribution in [0.4, 0.5) is 0 Å². The van der Waals surface area contributed by atoms with Crippen LogP contribution in [0.5, 0.6) is 0 Å². The fourth-order valence-electron chi connectivity index (χ4n) is 3.45. The van der Waals surface area contributed by atoms with Crippen molar-refractivity contribution >= 4 is 37.8 Å². The Bertz CT molecular complexity index is 1660. The molecule has 5 rings (SSSR count). The summed E-state index contributed by atoms with van der Waals surface area (Å²) < 4.78 is 48.5. The van der Waals surface area contributed by atoms with E-state index in [0.717, 1.165) is 11.1 Å². The predicted molar refractivity (Wildman–Crippen MR) is 199 cm³/mol. The molecule has 1 heterocycles. The lowest BCUT2D eigenvalue weighted by Crippen LogP contribution is -2.26. The number of hydrogen-bond acceptors (Lipinski definition) is 5. The first kappa shape index (κ1) is 47.2. The second kappa shape index (κ2) is 25.9. The van der Waals surface area contributed by atoms with Crippen LogP contribution in [0.3, 0.4) is 0 Å². The highest BCUT2D eigenvalue weighted by Crippen LogP contribution is 2.27. The van der Waals surface area contributed by atoms with Gasteiger partial charge in [0.05, 0.1) is 21.1 Å². The Morgan fingerprint density at radius 1 is 0.681 bits per heavy atom. The summed E-state index contributed by atoms with van der Waals surface area (Å²) in [5.41, 5.74) is 3.19. The van der Waals surface area contributed by atoms with Crippen molar-refractivity contribution in [2.75, 3.05) is 0 Å². The molecule has 8 nitrogen and oxygen atoms in total. The smallest absolute Gasteiger partial charge is 0.335 e. The Morgan fingerprint density at radius 2 is 1.11 bits per heavy atom. The van der Waals surface area contributed by atoms with E-state index in [-0.39, 0.29) is 12.3 Å². The quantitative estimate of drug-likeness (QED) is 0.196. The summed E-state index contributed by atoms with van der Waals surface area (Å²) in [6.07, 6.45) is 1.85. The highest BCUT2D eigenvalue weighted by molar-refractivity contribution is 7.90. The largest absolute Gasteiger partial charge is 0.478 e. The van der Waals surface area contributed by atoms with Crippen LogP contribution in [0.25, 0.3) is 11.8 Å². The third kappa shape index (κ3) is 16.8. The minimum atomic E-state index is -3.53. The SMILES string of the molecule is C.CC.CC.CC.CC.Cc1ccccc1S(N)(=O)=O.O=C(O)c1ccccc1.O=S1(=O)NC(c2ccccc2)=Cc2ccccc21. The topological polar surface area (TPSA) is 144 Å². The van der Waals surface area contributed by atoms with Gasteiger partial charge in [-0.05, 0) is 54.0 Å². The van der Waals surface area contributed by atoms with E-state index in [9.17, 15) is 21.6 Å². The zero-order valence-electron chi connectivity index (χ0n) is 28.4. The number of carboxylic acid groups (broad SMARTS) is 1. The normalized spacial score (nSPS) is 11.1. The molecule has 0 saturated carbocycles. The predicted octanol–water partition coefficient (Wildman–Crippen LogP) is 9.24. The van der Waals surface area contributed by atoms with Crippen molar-refractivity contribution < 1.29 is 26.7 Å². The van der Waals surface area contributed by atoms with Gasteiger partial charge in [-0.1, -0.05) is 148 Å². The van der Waals surface area contributed by atoms with E-state index < -0.39 is 26.0 Å². The van der Waals surface area contributed by atoms with Crippen molar-refractivity contribution in [1.82, 2.24) is 4.72 Å². The van der Waals surface area contributed by atoms with Gasteiger partial charge in [0.25, 0.3) is 10.0 Å². The third-order valence-electron chi connectivity index (χ3n) is 5.26. The van der Waals surface area contributed by atoms with E-state index in [2.05, 4.69) is 4.72 Å². The highest BCUT2D eigenvalue weighted by Gasteiger charge is 2.23. The zero-order valence-corrected chi connectivity index (χ0v) is 30.0. The van der Waals surface area contributed by atoms with Crippen LogP contribution in [0.15, 0.2) is 119 Å². The zero-order chi connectivity index (χ0) is 35.8. The van der Waals surface area contributed by atoms with E-state index >= 15 is 0 Å². The number of nitrogens with two attached hydrogens (primary N) is 1. The lowest BCUT2D eigenvalue weighted by Gasteiger charge is -2.19. The molecule has 0 saturated heterocycles. The van der Waals surface area contributed by atoms with Gasteiger partial charge in [0.2, 0.25) is 10.0 Å². The standard InChI is InChI=1S/C14H11NO2S.C7H9NO2S.C7H6O2.4C2H6.CH4/c16-18(17)14-9-5-4-8-12(14)10-13(15-18)11-6-2-1-3-7-11;1-6-4-2-3-5-7(6)11(8,9)10;8-7(9)6-4-2-1-3-5-6;4*1-2;/h1-10,15H;2-5H,1H3,(H2,8,9,10);1-5H,(H,8,9);4*1-2H3;1H4. The van der Waals surface area contributed by atoms with Gasteiger partial charge in [-0.3, -0.25) is 4.72 Å². The summed E-state index contributed by atoms with van der Waals surface area (Å²) in [5.74, 6) is -0.879. The van der Waals surface area contributed by atoms with E-state index in [1.54, 1.807) is 73.7 Å². The first-order chi connectivity index (χ1) is 22.0. The van der Waals surface area contributed by atoms with Crippen LogP contribution in [0.1, 0.15) is 89.9 Å². The molecule has 0 bridgehead atoms. The van der Waals surface area contributed by atoms with Gasteiger partial charge >= 0.3 is 5.97 Å². The number of aromatic carboxylic acids is 1. The summed E-state index contributed by atoms with van der Waals surface area (Å²) in [7, 11) is -6.99. The molecule has 0 fully saturated rings. The Kier molecular flexibility index (Phi) is 26.0. The number of aryl methyl sites for hydroxylation is 1. The summed E-state index contributed by atoms with van der Waals surface area (Å²) >= 11 is 0. The maximum Gasteiger partial charge on any atom is 0.335 e. The fraction of sp³-hybridized carbons (Fsp3) is 0.270. The number of hydrogen-bond donors (Lipinski definition) is 3. The van der Waals surface area contributed by atoms with Gasteiger partial charge in [-0.2, -0.15) is 0 Å². The van der Waals surface area contributed by atoms with Gasteiger partial charge in [0.1, 0.15) is 0 Å². The van der Waals surface area contributed by atoms with Gasteiger partial charge in [0.15, 0.2) is 0 Å². The van der Waals surface area contributed by atoms with Crippen LogP contribution in [0, 0.1) is 6.92 Å². The lowest BCUT2D eigenvalue weighted by molar-refractivity contribution is 0.0697. The van der Waals surface area contributed by atoms with Gasteiger partial charge in [-0.15, -0.1) is 0 Å². The van der Waals surface area contributed by atoms with Crippen LogP contribution in [-0.2, 0) is 20.0 Å². The van der Waals surface area contributed by atoms with Crippen molar-refractivity contribution in [3.05, 3.63) is 131 Å². The monoisotopic (exact) mass is 686 g/mol. The first-order valence-electron chi connectivity index (χ1n) is 15.2. The van der Waals surface area contributed by atoms with Crippen LogP contribution < -0.4 is 9.86 Å². The van der Waals surface area contributed by atoms with Gasteiger partial charge in [-0.25, -0.2) is 26.8 Å². The number of carbonyl (C=O) groups is 1. The van der Waals surface area contributed by atoms with Crippen molar-refractivity contribution in [2.45, 2.75) is 79.5 Å². The Balaban J connectivity index is -0.000000581. The minimum absolute atomic E-state index is 0. The molecule has 1 aliphatic rings. The molecule has 47 heavy (non-hydrogen) atoms. The van der Waals surface area contributed by atoms with Gasteiger partial charge in [0, 0.05) is 0 Å². The van der Waals surface area contributed by atoms with Crippen LogP contribution in [-0.4, -0.2) is 27.9 Å². The van der Waals surface area contributed by atoms with Crippen molar-refractivity contribution in [1.29, 1.82) is 0 Å². The second-order valence-electron chi connectivity index (χ2n) is 8.05. The number of rotatable bonds is 3. The molecule has 4 aromatic carbocycles. The molecule has 4 aromatic rings. The Labute approximate surface area is 284 Å². The molecular weight excluding hydrogens is 633 g/mol. The van der Waals surface area contributed by atoms with E-state index in [1.165, 1.54) is 6.07 Å². The molecule has 0 spiro atoms. The fourth-order valence-corrected chi connectivity index (χ4v) is 5.50. The molecule has 0 unspecified atom stereocenters. The van der Waals surface area contributed by atoms with Crippen molar-refractivity contribution in [3.8, 4) is 0 Å². The summed E-state index contributed by atoms with van der Waals surface area (Å²) in [6, 6.07) is 31.3. The maximum atomic E-state index is 12.1. The average Bonchev–Trinajstić information content (AvgIpc) is 3.09. The summed E-state index contributed by atoms with van der Waals surface area (Å²) in [5, 5.41) is 13.3. The Hall–Kier alpha value is -4.25. The van der Waals surface area contributed by atoms with E-state index in [1.807, 2.05) is 97.9 Å². The van der Waals surface area contributed by atoms with E-state index in [4.69, 9.17) is 10.2 Å². The highest BCUT2D eigenvalue weighted by atomic mass is 32.2. The van der Waals surface area contributed by atoms with Gasteiger partial charge < -0.3 is 5.11 Å². The number of sulfonamides is 2. The van der Waals surface area contributed by atoms with E-state index in [0.29, 0.717) is 21.7 Å². The molecule has 1 aliphatic heterocycles. The summed E-state index contributed by atoms with van der Waals surface area (Å²) in [4.78, 5) is 10.7. The molecular formula is C37H54N2O6S2. The number of benzene rings is 4. The number of fused-ring (bicyclic) bond motifs is 1. The number of carboxylic acids is 1. The van der Waals surface area contributed by atoms with Crippen LogP contribution >= 0.6 is 0 Å². The average molecular weight is 687 g/mol. The molecule has 4 N–H and O–H groups in total. The maximum absolute atomic E-state index is 12.1. The van der Waals surface area contributed by atoms with Crippen molar-refractivity contribution in [3.63, 3.8) is 0 Å². The second-order valence-corrected chi connectivity index (χ2v) is 11.2.